The molecule has 0 saturated carbocycles. The quantitative estimate of drug-likeness (QED) is 0.586. The molecule has 0 bridgehead atoms. The van der Waals surface area contributed by atoms with Crippen LogP contribution >= 0.6 is 11.6 Å². The third-order valence-electron chi connectivity index (χ3n) is 3.39. The van der Waals surface area contributed by atoms with E-state index in [1.165, 1.54) is 12.0 Å². The van der Waals surface area contributed by atoms with Crippen LogP contribution in [-0.4, -0.2) is 33.5 Å². The van der Waals surface area contributed by atoms with E-state index in [9.17, 15) is 0 Å². The van der Waals surface area contributed by atoms with Crippen LogP contribution in [0.5, 0.6) is 0 Å². The molecule has 120 valence electrons. The van der Waals surface area contributed by atoms with Crippen molar-refractivity contribution in [1.82, 2.24) is 5.32 Å². The van der Waals surface area contributed by atoms with Crippen LogP contribution in [0.1, 0.15) is 44.2 Å². The van der Waals surface area contributed by atoms with Gasteiger partial charge in [0, 0.05) is 24.8 Å². The molecular weight excluding hydrogens is 286 g/mol. The molecule has 0 amide bonds. The molecule has 0 aliphatic carbocycles. The second kappa shape index (κ2) is 12.0. The van der Waals surface area contributed by atoms with Crippen LogP contribution in [0.3, 0.4) is 0 Å². The van der Waals surface area contributed by atoms with Crippen molar-refractivity contribution < 1.29 is 9.47 Å². The molecule has 0 heterocycles. The SMILES string of the molecule is CCCC(NCCCCOCCOC)c1ccc(Cl)cc1. The van der Waals surface area contributed by atoms with E-state index < -0.39 is 0 Å². The van der Waals surface area contributed by atoms with Crippen molar-refractivity contribution >= 4 is 11.6 Å². The summed E-state index contributed by atoms with van der Waals surface area (Å²) in [6.45, 7) is 5.40. The second-order valence-corrected chi connectivity index (χ2v) is 5.60. The van der Waals surface area contributed by atoms with Crippen molar-refractivity contribution in [2.45, 2.75) is 38.6 Å². The highest BCUT2D eigenvalue weighted by Gasteiger charge is 2.09. The fraction of sp³-hybridized carbons (Fsp3) is 0.647. The van der Waals surface area contributed by atoms with Crippen molar-refractivity contribution in [3.8, 4) is 0 Å². The molecule has 4 heteroatoms. The molecule has 0 radical (unpaired) electrons. The van der Waals surface area contributed by atoms with Gasteiger partial charge in [-0.15, -0.1) is 0 Å². The zero-order chi connectivity index (χ0) is 15.3. The number of benzene rings is 1. The van der Waals surface area contributed by atoms with Crippen LogP contribution in [0.4, 0.5) is 0 Å². The highest BCUT2D eigenvalue weighted by molar-refractivity contribution is 6.30. The first kappa shape index (κ1) is 18.4. The van der Waals surface area contributed by atoms with Crippen molar-refractivity contribution in [2.75, 3.05) is 33.5 Å². The molecule has 1 aromatic rings. The molecule has 1 aromatic carbocycles. The zero-order valence-electron chi connectivity index (χ0n) is 13.2. The van der Waals surface area contributed by atoms with Gasteiger partial charge in [-0.2, -0.15) is 0 Å². The zero-order valence-corrected chi connectivity index (χ0v) is 14.0. The maximum Gasteiger partial charge on any atom is 0.0700 e. The molecule has 21 heavy (non-hydrogen) atoms. The Hall–Kier alpha value is -0.610. The Bertz CT molecular complexity index is 356. The Morgan fingerprint density at radius 1 is 1.10 bits per heavy atom. The lowest BCUT2D eigenvalue weighted by molar-refractivity contribution is 0.0687. The fourth-order valence-corrected chi connectivity index (χ4v) is 2.35. The Labute approximate surface area is 134 Å². The Morgan fingerprint density at radius 3 is 2.52 bits per heavy atom. The van der Waals surface area contributed by atoms with Gasteiger partial charge in [0.25, 0.3) is 0 Å². The standard InChI is InChI=1S/C17H28ClNO2/c1-3-6-17(15-7-9-16(18)10-8-15)19-11-4-5-12-21-14-13-20-2/h7-10,17,19H,3-6,11-14H2,1-2H3. The van der Waals surface area contributed by atoms with Crippen molar-refractivity contribution in [1.29, 1.82) is 0 Å². The number of halogens is 1. The monoisotopic (exact) mass is 313 g/mol. The lowest BCUT2D eigenvalue weighted by Crippen LogP contribution is -2.22. The van der Waals surface area contributed by atoms with Gasteiger partial charge in [-0.05, 0) is 43.5 Å². The van der Waals surface area contributed by atoms with E-state index in [4.69, 9.17) is 21.1 Å². The fourth-order valence-electron chi connectivity index (χ4n) is 2.22. The maximum atomic E-state index is 5.95. The minimum absolute atomic E-state index is 0.418. The van der Waals surface area contributed by atoms with Crippen LogP contribution in [0.25, 0.3) is 0 Å². The number of nitrogens with one attached hydrogen (secondary N) is 1. The number of methoxy groups -OCH3 is 1. The van der Waals surface area contributed by atoms with Crippen LogP contribution in [0.2, 0.25) is 5.02 Å². The van der Waals surface area contributed by atoms with Gasteiger partial charge in [-0.1, -0.05) is 37.1 Å². The topological polar surface area (TPSA) is 30.5 Å². The first-order valence-electron chi connectivity index (χ1n) is 7.83. The molecule has 0 aliphatic rings. The molecule has 0 spiro atoms. The molecule has 1 atom stereocenters. The van der Waals surface area contributed by atoms with Gasteiger partial charge in [-0.25, -0.2) is 0 Å². The Balaban J connectivity index is 2.21. The van der Waals surface area contributed by atoms with Crippen LogP contribution in [0.15, 0.2) is 24.3 Å². The summed E-state index contributed by atoms with van der Waals surface area (Å²) in [5.41, 5.74) is 1.32. The molecule has 0 aliphatic heterocycles. The largest absolute Gasteiger partial charge is 0.382 e. The number of unbranched alkanes of at least 4 members (excludes halogenated alkanes) is 1. The molecule has 1 rings (SSSR count). The van der Waals surface area contributed by atoms with E-state index in [0.717, 1.165) is 37.4 Å². The van der Waals surface area contributed by atoms with E-state index in [-0.39, 0.29) is 0 Å². The van der Waals surface area contributed by atoms with E-state index in [1.807, 2.05) is 12.1 Å². The Kier molecular flexibility index (Phi) is 10.5. The predicted octanol–water partition coefficient (Wildman–Crippen LogP) is 4.21. The lowest BCUT2D eigenvalue weighted by Gasteiger charge is -2.18. The smallest absolute Gasteiger partial charge is 0.0700 e. The number of ether oxygens (including phenoxy) is 2. The van der Waals surface area contributed by atoms with E-state index in [2.05, 4.69) is 24.4 Å². The first-order valence-corrected chi connectivity index (χ1v) is 8.21. The van der Waals surface area contributed by atoms with Crippen LogP contribution in [0, 0.1) is 0 Å². The van der Waals surface area contributed by atoms with E-state index >= 15 is 0 Å². The normalized spacial score (nSPS) is 12.5. The highest BCUT2D eigenvalue weighted by Crippen LogP contribution is 2.20. The summed E-state index contributed by atoms with van der Waals surface area (Å²) in [5.74, 6) is 0. The second-order valence-electron chi connectivity index (χ2n) is 5.16. The van der Waals surface area contributed by atoms with Gasteiger partial charge >= 0.3 is 0 Å². The summed E-state index contributed by atoms with van der Waals surface area (Å²) in [5, 5.41) is 4.43. The molecule has 1 N–H and O–H groups in total. The molecule has 0 fully saturated rings. The van der Waals surface area contributed by atoms with E-state index in [1.54, 1.807) is 7.11 Å². The van der Waals surface area contributed by atoms with Gasteiger partial charge in [0.15, 0.2) is 0 Å². The Morgan fingerprint density at radius 2 is 1.86 bits per heavy atom. The number of hydrogen-bond acceptors (Lipinski definition) is 3. The van der Waals surface area contributed by atoms with Crippen molar-refractivity contribution in [2.24, 2.45) is 0 Å². The van der Waals surface area contributed by atoms with Crippen LogP contribution < -0.4 is 5.32 Å². The summed E-state index contributed by atoms with van der Waals surface area (Å²) >= 11 is 5.95. The van der Waals surface area contributed by atoms with E-state index in [0.29, 0.717) is 19.3 Å². The maximum absolute atomic E-state index is 5.95. The summed E-state index contributed by atoms with van der Waals surface area (Å²) in [6.07, 6.45) is 4.52. The van der Waals surface area contributed by atoms with Gasteiger partial charge in [0.2, 0.25) is 0 Å². The number of hydrogen-bond donors (Lipinski definition) is 1. The number of rotatable bonds is 12. The van der Waals surface area contributed by atoms with Gasteiger partial charge in [-0.3, -0.25) is 0 Å². The molecular formula is C17H28ClNO2. The molecule has 3 nitrogen and oxygen atoms in total. The summed E-state index contributed by atoms with van der Waals surface area (Å²) in [7, 11) is 1.69. The molecule has 0 saturated heterocycles. The van der Waals surface area contributed by atoms with Gasteiger partial charge < -0.3 is 14.8 Å². The highest BCUT2D eigenvalue weighted by atomic mass is 35.5. The molecule has 1 unspecified atom stereocenters. The first-order chi connectivity index (χ1) is 10.3. The van der Waals surface area contributed by atoms with Gasteiger partial charge in [0.1, 0.15) is 0 Å². The summed E-state index contributed by atoms with van der Waals surface area (Å²) < 4.78 is 10.4. The minimum Gasteiger partial charge on any atom is -0.382 e. The molecule has 0 aromatic heterocycles. The van der Waals surface area contributed by atoms with Crippen molar-refractivity contribution in [3.63, 3.8) is 0 Å². The third-order valence-corrected chi connectivity index (χ3v) is 3.64. The summed E-state index contributed by atoms with van der Waals surface area (Å²) in [6, 6.07) is 8.57. The minimum atomic E-state index is 0.418. The average molecular weight is 314 g/mol. The predicted molar refractivity (Wildman–Crippen MR) is 89.0 cm³/mol. The lowest BCUT2D eigenvalue weighted by atomic mass is 10.0. The average Bonchev–Trinajstić information content (AvgIpc) is 2.50. The third kappa shape index (κ3) is 8.42. The van der Waals surface area contributed by atoms with Crippen LogP contribution in [-0.2, 0) is 9.47 Å². The summed E-state index contributed by atoms with van der Waals surface area (Å²) in [4.78, 5) is 0. The van der Waals surface area contributed by atoms with Gasteiger partial charge in [0.05, 0.1) is 13.2 Å². The van der Waals surface area contributed by atoms with Crippen molar-refractivity contribution in [3.05, 3.63) is 34.9 Å².